The van der Waals surface area contributed by atoms with Crippen molar-refractivity contribution in [2.45, 2.75) is 26.2 Å². The minimum atomic E-state index is -1.24. The molecule has 6 heteroatoms. The Morgan fingerprint density at radius 2 is 1.79 bits per heavy atom. The maximum absolute atomic E-state index is 11.6. The van der Waals surface area contributed by atoms with Gasteiger partial charge in [-0.05, 0) is 25.7 Å². The fourth-order valence-electron chi connectivity index (χ4n) is 3.16. The number of hydrogen-bond acceptors (Lipinski definition) is 6. The summed E-state index contributed by atoms with van der Waals surface area (Å²) in [5, 5.41) is 0. The highest BCUT2D eigenvalue weighted by atomic mass is 16.6. The SMILES string of the molecule is CC1=CC2(CC(C3CC(=O)OC3=O)C1)C(=O)OC2=O. The van der Waals surface area contributed by atoms with Crippen LogP contribution in [0.15, 0.2) is 11.6 Å². The highest BCUT2D eigenvalue weighted by Crippen LogP contribution is 2.48. The highest BCUT2D eigenvalue weighted by molar-refractivity contribution is 6.16. The topological polar surface area (TPSA) is 86.7 Å². The Morgan fingerprint density at radius 1 is 1.11 bits per heavy atom. The van der Waals surface area contributed by atoms with Gasteiger partial charge in [-0.2, -0.15) is 0 Å². The summed E-state index contributed by atoms with van der Waals surface area (Å²) in [6, 6.07) is 0. The first-order chi connectivity index (χ1) is 8.92. The van der Waals surface area contributed by atoms with E-state index in [4.69, 9.17) is 0 Å². The van der Waals surface area contributed by atoms with Crippen LogP contribution >= 0.6 is 0 Å². The summed E-state index contributed by atoms with van der Waals surface area (Å²) >= 11 is 0. The molecule has 0 aromatic carbocycles. The number of hydrogen-bond donors (Lipinski definition) is 0. The van der Waals surface area contributed by atoms with Crippen molar-refractivity contribution in [3.8, 4) is 0 Å². The van der Waals surface area contributed by atoms with Gasteiger partial charge >= 0.3 is 23.9 Å². The van der Waals surface area contributed by atoms with E-state index in [9.17, 15) is 19.2 Å². The zero-order chi connectivity index (χ0) is 13.8. The molecule has 6 nitrogen and oxygen atoms in total. The lowest BCUT2D eigenvalue weighted by Crippen LogP contribution is -2.54. The third kappa shape index (κ3) is 1.63. The normalized spacial score (nSPS) is 32.8. The van der Waals surface area contributed by atoms with Gasteiger partial charge in [-0.1, -0.05) is 11.6 Å². The van der Waals surface area contributed by atoms with Crippen molar-refractivity contribution in [1.82, 2.24) is 0 Å². The van der Waals surface area contributed by atoms with Gasteiger partial charge in [0.15, 0.2) is 5.41 Å². The van der Waals surface area contributed by atoms with E-state index in [0.29, 0.717) is 6.42 Å². The van der Waals surface area contributed by atoms with Crippen LogP contribution in [0.4, 0.5) is 0 Å². The van der Waals surface area contributed by atoms with Gasteiger partial charge in [-0.15, -0.1) is 0 Å². The van der Waals surface area contributed by atoms with Crippen molar-refractivity contribution in [3.05, 3.63) is 11.6 Å². The van der Waals surface area contributed by atoms with Crippen LogP contribution < -0.4 is 0 Å². The maximum atomic E-state index is 11.6. The van der Waals surface area contributed by atoms with E-state index in [1.54, 1.807) is 13.0 Å². The quantitative estimate of drug-likeness (QED) is 0.389. The standard InChI is InChI=1S/C13H12O6/c1-6-2-7(8-3-9(14)18-10(8)15)5-13(4-6)11(16)19-12(13)17/h4,7-8H,2-3,5H2,1H3. The third-order valence-electron chi connectivity index (χ3n) is 4.05. The Morgan fingerprint density at radius 3 is 2.32 bits per heavy atom. The molecule has 100 valence electrons. The Bertz CT molecular complexity index is 529. The molecule has 3 rings (SSSR count). The molecule has 1 aliphatic carbocycles. The second kappa shape index (κ2) is 3.76. The summed E-state index contributed by atoms with van der Waals surface area (Å²) in [5.74, 6) is -3.03. The van der Waals surface area contributed by atoms with Crippen LogP contribution in [0.2, 0.25) is 0 Å². The van der Waals surface area contributed by atoms with Crippen molar-refractivity contribution in [2.75, 3.05) is 0 Å². The molecule has 0 bridgehead atoms. The first-order valence-electron chi connectivity index (χ1n) is 6.12. The third-order valence-corrected chi connectivity index (χ3v) is 4.05. The van der Waals surface area contributed by atoms with Crippen LogP contribution in [0.3, 0.4) is 0 Å². The molecule has 2 saturated heterocycles. The van der Waals surface area contributed by atoms with Crippen molar-refractivity contribution >= 4 is 23.9 Å². The van der Waals surface area contributed by atoms with E-state index < -0.39 is 35.2 Å². The van der Waals surface area contributed by atoms with E-state index in [2.05, 4.69) is 9.47 Å². The largest absolute Gasteiger partial charge is 0.393 e. The van der Waals surface area contributed by atoms with Gasteiger partial charge in [-0.25, -0.2) is 9.59 Å². The van der Waals surface area contributed by atoms with E-state index in [1.165, 1.54) is 0 Å². The number of esters is 4. The number of rotatable bonds is 1. The molecule has 0 N–H and O–H groups in total. The smallest absolute Gasteiger partial charge is 0.335 e. The van der Waals surface area contributed by atoms with Crippen LogP contribution in [0.1, 0.15) is 26.2 Å². The summed E-state index contributed by atoms with van der Waals surface area (Å²) in [4.78, 5) is 46.0. The molecule has 19 heavy (non-hydrogen) atoms. The second-order valence-electron chi connectivity index (χ2n) is 5.41. The monoisotopic (exact) mass is 264 g/mol. The van der Waals surface area contributed by atoms with E-state index in [-0.39, 0.29) is 18.8 Å². The molecule has 0 radical (unpaired) electrons. The van der Waals surface area contributed by atoms with Crippen LogP contribution in [0.25, 0.3) is 0 Å². The molecule has 2 aliphatic heterocycles. The molecule has 0 saturated carbocycles. The van der Waals surface area contributed by atoms with Crippen molar-refractivity contribution in [1.29, 1.82) is 0 Å². The van der Waals surface area contributed by atoms with Crippen molar-refractivity contribution in [3.63, 3.8) is 0 Å². The summed E-state index contributed by atoms with van der Waals surface area (Å²) in [7, 11) is 0. The number of carbonyl (C=O) groups excluding carboxylic acids is 4. The molecular formula is C13H12O6. The predicted molar refractivity (Wildman–Crippen MR) is 59.2 cm³/mol. The predicted octanol–water partition coefficient (Wildman–Crippen LogP) is 0.502. The average molecular weight is 264 g/mol. The van der Waals surface area contributed by atoms with Crippen molar-refractivity contribution < 1.29 is 28.7 Å². The van der Waals surface area contributed by atoms with E-state index in [0.717, 1.165) is 5.57 Å². The molecule has 1 spiro atoms. The van der Waals surface area contributed by atoms with E-state index >= 15 is 0 Å². The maximum Gasteiger partial charge on any atom is 0.335 e. The van der Waals surface area contributed by atoms with Crippen LogP contribution in [-0.2, 0) is 28.7 Å². The minimum absolute atomic E-state index is 0.0239. The highest BCUT2D eigenvalue weighted by Gasteiger charge is 2.60. The minimum Gasteiger partial charge on any atom is -0.393 e. The molecule has 2 fully saturated rings. The van der Waals surface area contributed by atoms with Crippen LogP contribution in [0, 0.1) is 17.3 Å². The Labute approximate surface area is 108 Å². The summed E-state index contributed by atoms with van der Waals surface area (Å²) in [6.07, 6.45) is 2.44. The Kier molecular flexibility index (Phi) is 2.39. The van der Waals surface area contributed by atoms with Gasteiger partial charge in [-0.3, -0.25) is 9.59 Å². The fraction of sp³-hybridized carbons (Fsp3) is 0.538. The summed E-state index contributed by atoms with van der Waals surface area (Å²) in [5.41, 5.74) is -0.382. The number of carbonyl (C=O) groups is 4. The van der Waals surface area contributed by atoms with E-state index in [1.807, 2.05) is 0 Å². The second-order valence-corrected chi connectivity index (χ2v) is 5.41. The number of cyclic esters (lactones) is 4. The van der Waals surface area contributed by atoms with Gasteiger partial charge in [0.2, 0.25) is 0 Å². The first-order valence-corrected chi connectivity index (χ1v) is 6.12. The molecule has 3 aliphatic rings. The molecule has 2 heterocycles. The molecule has 0 aromatic heterocycles. The summed E-state index contributed by atoms with van der Waals surface area (Å²) in [6.45, 7) is 1.80. The molecule has 0 amide bonds. The Hall–Kier alpha value is -1.98. The van der Waals surface area contributed by atoms with Crippen molar-refractivity contribution in [2.24, 2.45) is 17.3 Å². The van der Waals surface area contributed by atoms with Gasteiger partial charge in [0.05, 0.1) is 12.3 Å². The zero-order valence-corrected chi connectivity index (χ0v) is 10.3. The molecule has 2 unspecified atom stereocenters. The lowest BCUT2D eigenvalue weighted by molar-refractivity contribution is -0.194. The first kappa shape index (κ1) is 12.1. The Balaban J connectivity index is 1.89. The van der Waals surface area contributed by atoms with Crippen LogP contribution in [0.5, 0.6) is 0 Å². The van der Waals surface area contributed by atoms with Gasteiger partial charge < -0.3 is 9.47 Å². The zero-order valence-electron chi connectivity index (χ0n) is 10.3. The molecular weight excluding hydrogens is 252 g/mol. The average Bonchev–Trinajstić information content (AvgIpc) is 2.68. The van der Waals surface area contributed by atoms with Crippen LogP contribution in [-0.4, -0.2) is 23.9 Å². The van der Waals surface area contributed by atoms with Gasteiger partial charge in [0.1, 0.15) is 0 Å². The van der Waals surface area contributed by atoms with Gasteiger partial charge in [0, 0.05) is 0 Å². The molecule has 2 atom stereocenters. The van der Waals surface area contributed by atoms with Gasteiger partial charge in [0.25, 0.3) is 0 Å². The lowest BCUT2D eigenvalue weighted by atomic mass is 9.66. The lowest BCUT2D eigenvalue weighted by Gasteiger charge is -2.40. The number of ether oxygens (including phenoxy) is 2. The number of allylic oxidation sites excluding steroid dienone is 1. The fourth-order valence-corrected chi connectivity index (χ4v) is 3.16. The summed E-state index contributed by atoms with van der Waals surface area (Å²) < 4.78 is 8.97. The molecule has 0 aromatic rings.